The predicted octanol–water partition coefficient (Wildman–Crippen LogP) is 9.42. The number of nitrogen functional groups attached to an aromatic ring is 1. The van der Waals surface area contributed by atoms with Crippen molar-refractivity contribution >= 4 is 99.5 Å². The SMILES string of the molecule is Nc1cc(Cl)ccc1C(=O)O.O=C(O)c1ccc(Cl)cc1NS(=O)(=O)c1ccc(Cl)c(C(F)(F)F)c1.O=S(=O)(Cl)c1ccc(Cl)c(C(F)(F)F)c1. The van der Waals surface area contributed by atoms with Gasteiger partial charge in [0.05, 0.1) is 47.8 Å². The molecule has 0 saturated heterocycles. The molecule has 276 valence electrons. The van der Waals surface area contributed by atoms with Crippen molar-refractivity contribution in [3.63, 3.8) is 0 Å². The third-order valence-corrected chi connectivity index (χ3v) is 9.62. The lowest BCUT2D eigenvalue weighted by atomic mass is 10.2. The van der Waals surface area contributed by atoms with Crippen molar-refractivity contribution in [1.82, 2.24) is 0 Å². The van der Waals surface area contributed by atoms with Crippen LogP contribution in [-0.4, -0.2) is 39.0 Å². The highest BCUT2D eigenvalue weighted by Gasteiger charge is 2.35. The van der Waals surface area contributed by atoms with E-state index in [-0.39, 0.29) is 22.0 Å². The van der Waals surface area contributed by atoms with Gasteiger partial charge < -0.3 is 15.9 Å². The molecule has 10 nitrogen and oxygen atoms in total. The summed E-state index contributed by atoms with van der Waals surface area (Å²) < 4.78 is 124. The molecule has 0 aliphatic heterocycles. The smallest absolute Gasteiger partial charge is 0.417 e. The fourth-order valence-electron chi connectivity index (χ4n) is 3.48. The van der Waals surface area contributed by atoms with Crippen molar-refractivity contribution in [3.05, 3.63) is 115 Å². The van der Waals surface area contributed by atoms with E-state index in [1.807, 2.05) is 4.72 Å². The second-order valence-corrected chi connectivity index (χ2v) is 15.3. The van der Waals surface area contributed by atoms with Crippen molar-refractivity contribution < 1.29 is 63.0 Å². The molecule has 0 saturated carbocycles. The van der Waals surface area contributed by atoms with E-state index in [0.717, 1.165) is 36.4 Å². The van der Waals surface area contributed by atoms with E-state index in [1.54, 1.807) is 0 Å². The van der Waals surface area contributed by atoms with Gasteiger partial charge in [-0.15, -0.1) is 0 Å². The molecule has 0 unspecified atom stereocenters. The number of alkyl halides is 6. The van der Waals surface area contributed by atoms with Crippen molar-refractivity contribution in [2.45, 2.75) is 22.1 Å². The van der Waals surface area contributed by atoms with Crippen LogP contribution >= 0.6 is 57.1 Å². The molecule has 0 fully saturated rings. The third-order valence-electron chi connectivity index (χ3n) is 5.78. The van der Waals surface area contributed by atoms with Crippen LogP contribution < -0.4 is 10.5 Å². The highest BCUT2D eigenvalue weighted by molar-refractivity contribution is 8.13. The third kappa shape index (κ3) is 12.5. The number of hydrogen-bond acceptors (Lipinski definition) is 7. The summed E-state index contributed by atoms with van der Waals surface area (Å²) in [5.74, 6) is -2.49. The minimum absolute atomic E-state index is 0.0368. The first-order chi connectivity index (χ1) is 23.1. The first kappa shape index (κ1) is 43.5. The van der Waals surface area contributed by atoms with E-state index in [1.165, 1.54) is 24.3 Å². The molecule has 0 spiro atoms. The fraction of sp³-hybridized carbons (Fsp3) is 0.0714. The van der Waals surface area contributed by atoms with E-state index >= 15 is 0 Å². The number of anilines is 2. The Morgan fingerprint density at radius 1 is 0.627 bits per heavy atom. The topological polar surface area (TPSA) is 181 Å². The highest BCUT2D eigenvalue weighted by Crippen LogP contribution is 2.37. The number of carbonyl (C=O) groups is 2. The Morgan fingerprint density at radius 2 is 1.04 bits per heavy atom. The quantitative estimate of drug-likeness (QED) is 0.0834. The summed E-state index contributed by atoms with van der Waals surface area (Å²) in [6.07, 6.45) is -9.57. The average Bonchev–Trinajstić information content (AvgIpc) is 2.96. The maximum atomic E-state index is 12.9. The molecular formula is C28H17Cl5F6N2O8S2. The Morgan fingerprint density at radius 3 is 1.45 bits per heavy atom. The molecule has 0 atom stereocenters. The number of benzene rings is 4. The van der Waals surface area contributed by atoms with Crippen LogP contribution in [0.2, 0.25) is 20.1 Å². The molecular weight excluding hydrogens is 848 g/mol. The van der Waals surface area contributed by atoms with Gasteiger partial charge in [0.2, 0.25) is 0 Å². The molecule has 0 aliphatic rings. The number of carboxylic acid groups (broad SMARTS) is 2. The minimum atomic E-state index is -4.86. The number of halogens is 11. The average molecular weight is 865 g/mol. The van der Waals surface area contributed by atoms with Gasteiger partial charge in [0.25, 0.3) is 19.1 Å². The monoisotopic (exact) mass is 862 g/mol. The largest absolute Gasteiger partial charge is 0.478 e. The molecule has 0 radical (unpaired) electrons. The van der Waals surface area contributed by atoms with Gasteiger partial charge in [-0.2, -0.15) is 26.3 Å². The first-order valence-corrected chi connectivity index (χ1v) is 18.0. The standard InChI is InChI=1S/C14H8Cl2F3NO4S.C7H3Cl2F3O2S.C7H6ClNO2/c15-7-1-3-9(13(21)22)12(5-7)20-25(23,24)8-2-4-11(16)10(6-8)14(17,18)19;8-6-2-1-4(15(9,13)14)3-5(6)7(10,11)12;8-4-1-2-5(7(10)11)6(9)3-4/h1-6,20H,(H,21,22);1-3H;1-3H,9H2,(H,10,11). The zero-order valence-corrected chi connectivity index (χ0v) is 29.7. The molecule has 5 N–H and O–H groups in total. The Balaban J connectivity index is 0.000000293. The number of rotatable bonds is 6. The molecule has 0 bridgehead atoms. The summed E-state index contributed by atoms with van der Waals surface area (Å²) in [7, 11) is -3.81. The number of nitrogens with one attached hydrogen (secondary N) is 1. The predicted molar refractivity (Wildman–Crippen MR) is 178 cm³/mol. The molecule has 0 amide bonds. The number of hydrogen-bond donors (Lipinski definition) is 4. The van der Waals surface area contributed by atoms with Crippen molar-refractivity contribution in [3.8, 4) is 0 Å². The van der Waals surface area contributed by atoms with Gasteiger partial charge >= 0.3 is 24.3 Å². The molecule has 4 rings (SSSR count). The molecule has 0 heterocycles. The highest BCUT2D eigenvalue weighted by atomic mass is 35.7. The Labute approximate surface area is 308 Å². The van der Waals surface area contributed by atoms with Crippen LogP contribution in [0.1, 0.15) is 31.8 Å². The fourth-order valence-corrected chi connectivity index (χ4v) is 6.16. The molecule has 0 aromatic heterocycles. The Hall–Kier alpha value is -3.65. The van der Waals surface area contributed by atoms with Crippen LogP contribution in [0.15, 0.2) is 82.6 Å². The van der Waals surface area contributed by atoms with E-state index in [0.29, 0.717) is 17.2 Å². The summed E-state index contributed by atoms with van der Waals surface area (Å²) in [5, 5.41) is 16.8. The summed E-state index contributed by atoms with van der Waals surface area (Å²) >= 11 is 22.0. The molecule has 4 aromatic carbocycles. The number of carboxylic acids is 2. The van der Waals surface area contributed by atoms with E-state index < -0.39 is 79.9 Å². The molecule has 23 heteroatoms. The van der Waals surface area contributed by atoms with Crippen LogP contribution in [0.4, 0.5) is 37.7 Å². The van der Waals surface area contributed by atoms with Gasteiger partial charge in [0.1, 0.15) is 0 Å². The van der Waals surface area contributed by atoms with Crippen LogP contribution in [0, 0.1) is 0 Å². The summed E-state index contributed by atoms with van der Waals surface area (Å²) in [5.41, 5.74) is 2.25. The zero-order chi connectivity index (χ0) is 39.3. The van der Waals surface area contributed by atoms with Gasteiger partial charge in [0, 0.05) is 26.4 Å². The second-order valence-electron chi connectivity index (χ2n) is 9.35. The summed E-state index contributed by atoms with van der Waals surface area (Å²) in [6.45, 7) is 0. The lowest BCUT2D eigenvalue weighted by molar-refractivity contribution is -0.138. The summed E-state index contributed by atoms with van der Waals surface area (Å²) in [4.78, 5) is 20.2. The number of sulfonamides is 1. The first-order valence-electron chi connectivity index (χ1n) is 12.7. The lowest BCUT2D eigenvalue weighted by Crippen LogP contribution is -2.17. The van der Waals surface area contributed by atoms with Gasteiger partial charge in [-0.25, -0.2) is 26.4 Å². The Kier molecular flexibility index (Phi) is 14.3. The van der Waals surface area contributed by atoms with Gasteiger partial charge in [-0.1, -0.05) is 46.4 Å². The minimum Gasteiger partial charge on any atom is -0.478 e. The number of nitrogens with two attached hydrogens (primary N) is 1. The van der Waals surface area contributed by atoms with E-state index in [2.05, 4.69) is 0 Å². The summed E-state index contributed by atoms with van der Waals surface area (Å²) in [6, 6.07) is 11.7. The van der Waals surface area contributed by atoms with Crippen LogP contribution in [0.3, 0.4) is 0 Å². The van der Waals surface area contributed by atoms with E-state index in [9.17, 15) is 52.8 Å². The maximum absolute atomic E-state index is 12.9. The second kappa shape index (κ2) is 16.8. The zero-order valence-electron chi connectivity index (χ0n) is 24.3. The molecule has 51 heavy (non-hydrogen) atoms. The lowest BCUT2D eigenvalue weighted by Gasteiger charge is -2.14. The van der Waals surface area contributed by atoms with Crippen LogP contribution in [0.5, 0.6) is 0 Å². The number of aromatic carboxylic acids is 2. The normalized spacial score (nSPS) is 11.7. The Bertz CT molecular complexity index is 2190. The van der Waals surface area contributed by atoms with Crippen LogP contribution in [-0.2, 0) is 31.4 Å². The maximum Gasteiger partial charge on any atom is 0.417 e. The van der Waals surface area contributed by atoms with Crippen molar-refractivity contribution in [2.75, 3.05) is 10.5 Å². The molecule has 0 aliphatic carbocycles. The van der Waals surface area contributed by atoms with Crippen molar-refractivity contribution in [2.24, 2.45) is 0 Å². The van der Waals surface area contributed by atoms with Gasteiger partial charge in [0.15, 0.2) is 0 Å². The van der Waals surface area contributed by atoms with Gasteiger partial charge in [-0.05, 0) is 72.8 Å². The molecule has 4 aromatic rings. The van der Waals surface area contributed by atoms with Crippen molar-refractivity contribution in [1.29, 1.82) is 0 Å². The van der Waals surface area contributed by atoms with Crippen LogP contribution in [0.25, 0.3) is 0 Å². The van der Waals surface area contributed by atoms with Gasteiger partial charge in [-0.3, -0.25) is 4.72 Å². The van der Waals surface area contributed by atoms with E-state index in [4.69, 9.17) is 73.0 Å².